The van der Waals surface area contributed by atoms with Gasteiger partial charge in [0.2, 0.25) is 0 Å². The minimum atomic E-state index is -0.714. The maximum absolute atomic E-state index is 13.3. The first kappa shape index (κ1) is 24.9. The molecule has 7 heteroatoms. The topological polar surface area (TPSA) is 114 Å². The number of hydrogen-bond donors (Lipinski definition) is 3. The highest BCUT2D eigenvalue weighted by molar-refractivity contribution is 5.84. The van der Waals surface area contributed by atoms with Gasteiger partial charge in [-0.1, -0.05) is 20.8 Å². The Hall–Kier alpha value is -1.18. The van der Waals surface area contributed by atoms with Gasteiger partial charge in [0.15, 0.2) is 12.1 Å². The van der Waals surface area contributed by atoms with Crippen molar-refractivity contribution in [3.05, 3.63) is 0 Å². The Morgan fingerprint density at radius 2 is 1.88 bits per heavy atom. The molecule has 4 aliphatic carbocycles. The van der Waals surface area contributed by atoms with Crippen LogP contribution in [0.2, 0.25) is 0 Å². The number of hydrazone groups is 1. The number of hydrogen-bond acceptors (Lipinski definition) is 6. The van der Waals surface area contributed by atoms with Gasteiger partial charge in [-0.2, -0.15) is 0 Å². The number of Topliss-reactive ketones (excluding diaryl/α,β-unsaturated/α-hetero) is 1. The number of nitrogens with two attached hydrogens (primary N) is 2. The lowest BCUT2D eigenvalue weighted by Gasteiger charge is -2.67. The molecule has 4 rings (SSSR count). The summed E-state index contributed by atoms with van der Waals surface area (Å²) in [7, 11) is 1.67. The lowest BCUT2D eigenvalue weighted by atomic mass is 9.39. The largest absolute Gasteiger partial charge is 0.386 e. The zero-order chi connectivity index (χ0) is 24.2. The van der Waals surface area contributed by atoms with E-state index in [0.717, 1.165) is 44.9 Å². The van der Waals surface area contributed by atoms with Crippen LogP contribution in [0.1, 0.15) is 85.5 Å². The fourth-order valence-corrected chi connectivity index (χ4v) is 9.48. The fourth-order valence-electron chi connectivity index (χ4n) is 9.48. The number of nitrogens with zero attached hydrogens (tertiary/aromatic N) is 2. The smallest absolute Gasteiger partial charge is 0.160 e. The van der Waals surface area contributed by atoms with Crippen LogP contribution < -0.4 is 11.6 Å². The first-order valence-electron chi connectivity index (χ1n) is 13.0. The molecule has 0 heterocycles. The average molecular weight is 463 g/mol. The molecule has 0 spiro atoms. The number of methoxy groups -OCH3 is 1. The van der Waals surface area contributed by atoms with Crippen molar-refractivity contribution in [2.75, 3.05) is 13.7 Å². The third-order valence-electron chi connectivity index (χ3n) is 10.8. The van der Waals surface area contributed by atoms with Crippen LogP contribution in [0, 0.1) is 45.8 Å². The monoisotopic (exact) mass is 462 g/mol. The molecule has 0 aliphatic heterocycles. The van der Waals surface area contributed by atoms with E-state index in [1.807, 2.05) is 0 Å². The summed E-state index contributed by atoms with van der Waals surface area (Å²) >= 11 is 0. The molecule has 9 atom stereocenters. The Balaban J connectivity index is 1.60. The van der Waals surface area contributed by atoms with Crippen LogP contribution in [-0.2, 0) is 9.53 Å². The van der Waals surface area contributed by atoms with E-state index in [9.17, 15) is 9.90 Å². The van der Waals surface area contributed by atoms with Crippen LogP contribution in [0.5, 0.6) is 0 Å². The Morgan fingerprint density at radius 3 is 2.55 bits per heavy atom. The molecule has 4 aliphatic rings. The van der Waals surface area contributed by atoms with E-state index < -0.39 is 6.29 Å². The van der Waals surface area contributed by atoms with Crippen molar-refractivity contribution in [1.29, 1.82) is 0 Å². The zero-order valence-corrected chi connectivity index (χ0v) is 21.3. The summed E-state index contributed by atoms with van der Waals surface area (Å²) < 4.78 is 5.73. The van der Waals surface area contributed by atoms with Gasteiger partial charge in [0, 0.05) is 18.4 Å². The van der Waals surface area contributed by atoms with Gasteiger partial charge in [0.05, 0.1) is 0 Å². The molecule has 5 N–H and O–H groups in total. The molecule has 0 bridgehead atoms. The van der Waals surface area contributed by atoms with Crippen LogP contribution in [0.4, 0.5) is 0 Å². The molecular formula is C26H46N4O3. The molecular weight excluding hydrogens is 416 g/mol. The number of rotatable bonds is 6. The molecule has 0 aromatic carbocycles. The van der Waals surface area contributed by atoms with E-state index in [1.54, 1.807) is 14.0 Å². The van der Waals surface area contributed by atoms with Crippen molar-refractivity contribution in [2.24, 2.45) is 62.5 Å². The van der Waals surface area contributed by atoms with Gasteiger partial charge in [0.1, 0.15) is 12.4 Å². The summed E-state index contributed by atoms with van der Waals surface area (Å²) in [6, 6.07) is 0. The van der Waals surface area contributed by atoms with E-state index in [1.165, 1.54) is 18.0 Å². The van der Waals surface area contributed by atoms with Gasteiger partial charge in [-0.05, 0) is 99.2 Å². The van der Waals surface area contributed by atoms with Crippen LogP contribution in [0.3, 0.4) is 0 Å². The number of amidine groups is 1. The van der Waals surface area contributed by atoms with E-state index in [0.29, 0.717) is 29.5 Å². The van der Waals surface area contributed by atoms with Crippen LogP contribution in [0.15, 0.2) is 5.10 Å². The summed E-state index contributed by atoms with van der Waals surface area (Å²) in [5, 5.41) is 16.6. The lowest BCUT2D eigenvalue weighted by molar-refractivity contribution is -0.280. The number of carbonyl (C=O) groups is 1. The lowest BCUT2D eigenvalue weighted by Crippen LogP contribution is -2.63. The number of fused-ring (bicyclic) bond motifs is 5. The van der Waals surface area contributed by atoms with Gasteiger partial charge in [-0.25, -0.2) is 11.0 Å². The Kier molecular flexibility index (Phi) is 6.64. The Morgan fingerprint density at radius 1 is 1.15 bits per heavy atom. The van der Waals surface area contributed by atoms with Crippen molar-refractivity contribution >= 4 is 11.6 Å². The number of aliphatic hydroxyl groups is 1. The SMILES string of the molecule is COC(O)C12CCC(C)CC1(C)CCC1C3CCC(C(=O)CN(N)/N=C(/C)N)C3(C)CCC12. The predicted molar refractivity (Wildman–Crippen MR) is 130 cm³/mol. The molecule has 4 saturated carbocycles. The van der Waals surface area contributed by atoms with Crippen molar-refractivity contribution < 1.29 is 14.6 Å². The van der Waals surface area contributed by atoms with Crippen LogP contribution in [-0.4, -0.2) is 41.8 Å². The maximum Gasteiger partial charge on any atom is 0.160 e. The molecule has 0 saturated heterocycles. The van der Waals surface area contributed by atoms with Crippen LogP contribution in [0.25, 0.3) is 0 Å². The predicted octanol–water partition coefficient (Wildman–Crippen LogP) is 3.65. The molecule has 4 fully saturated rings. The number of ketones is 1. The van der Waals surface area contributed by atoms with E-state index in [-0.39, 0.29) is 34.5 Å². The molecule has 33 heavy (non-hydrogen) atoms. The molecule has 0 amide bonds. The van der Waals surface area contributed by atoms with Gasteiger partial charge < -0.3 is 15.6 Å². The van der Waals surface area contributed by atoms with Crippen LogP contribution >= 0.6 is 0 Å². The standard InChI is InChI=1S/C26H46N4O3/c1-16-8-13-26(23(32)33-5)20-10-12-25(4)19(18(20)9-11-24(26,3)14-16)6-7-21(25)22(31)15-30(28)29-17(2)27/h16,18-21,23,32H,6-15,28H2,1-5H3,(H2,27,29). The van der Waals surface area contributed by atoms with Crippen molar-refractivity contribution in [3.63, 3.8) is 0 Å². The minimum absolute atomic E-state index is 0.00449. The maximum atomic E-state index is 13.3. The minimum Gasteiger partial charge on any atom is -0.386 e. The molecule has 9 unspecified atom stereocenters. The number of hydrazine groups is 1. The molecule has 0 aromatic heterocycles. The summed E-state index contributed by atoms with van der Waals surface area (Å²) in [6.07, 6.45) is 9.13. The van der Waals surface area contributed by atoms with Crippen molar-refractivity contribution in [2.45, 2.75) is 91.8 Å². The molecule has 7 nitrogen and oxygen atoms in total. The number of carbonyl (C=O) groups excluding carboxylic acids is 1. The third-order valence-corrected chi connectivity index (χ3v) is 10.8. The van der Waals surface area contributed by atoms with Gasteiger partial charge in [-0.15, -0.1) is 5.10 Å². The molecule has 188 valence electrons. The summed E-state index contributed by atoms with van der Waals surface area (Å²) in [5.41, 5.74) is 5.56. The Bertz CT molecular complexity index is 785. The van der Waals surface area contributed by atoms with E-state index in [4.69, 9.17) is 16.3 Å². The van der Waals surface area contributed by atoms with E-state index in [2.05, 4.69) is 25.9 Å². The van der Waals surface area contributed by atoms with Gasteiger partial charge in [-0.3, -0.25) is 4.79 Å². The highest BCUT2D eigenvalue weighted by Gasteiger charge is 2.67. The van der Waals surface area contributed by atoms with Crippen molar-refractivity contribution in [1.82, 2.24) is 5.12 Å². The van der Waals surface area contributed by atoms with E-state index >= 15 is 0 Å². The Labute approximate surface area is 199 Å². The number of aliphatic hydroxyl groups excluding tert-OH is 1. The zero-order valence-electron chi connectivity index (χ0n) is 21.3. The second kappa shape index (κ2) is 8.80. The van der Waals surface area contributed by atoms with Gasteiger partial charge in [0.25, 0.3) is 0 Å². The second-order valence-electron chi connectivity index (χ2n) is 12.4. The summed E-state index contributed by atoms with van der Waals surface area (Å²) in [5.74, 6) is 8.71. The first-order chi connectivity index (χ1) is 15.5. The first-order valence-corrected chi connectivity index (χ1v) is 13.0. The van der Waals surface area contributed by atoms with Gasteiger partial charge >= 0.3 is 0 Å². The third kappa shape index (κ3) is 3.82. The number of ether oxygens (including phenoxy) is 1. The second-order valence-corrected chi connectivity index (χ2v) is 12.4. The molecule has 0 aromatic rings. The highest BCUT2D eigenvalue weighted by Crippen LogP contribution is 2.72. The van der Waals surface area contributed by atoms with Crippen molar-refractivity contribution in [3.8, 4) is 0 Å². The summed E-state index contributed by atoms with van der Waals surface area (Å²) in [4.78, 5) is 13.3. The quantitative estimate of drug-likeness (QED) is 0.182. The fraction of sp³-hybridized carbons (Fsp3) is 0.923. The highest BCUT2D eigenvalue weighted by atomic mass is 16.6. The normalized spacial score (nSPS) is 46.2. The average Bonchev–Trinajstić information content (AvgIpc) is 3.09. The summed E-state index contributed by atoms with van der Waals surface area (Å²) in [6.45, 7) is 8.91. The molecule has 0 radical (unpaired) electrons.